The number of aliphatic carboxylic acids is 1. The van der Waals surface area contributed by atoms with Crippen LogP contribution in [0.4, 0.5) is 0 Å². The average molecular weight is 208 g/mol. The fourth-order valence-electron chi connectivity index (χ4n) is 1.76. The molecule has 3 heteroatoms. The van der Waals surface area contributed by atoms with Crippen LogP contribution in [-0.2, 0) is 4.79 Å². The van der Waals surface area contributed by atoms with Crippen LogP contribution in [0.25, 0.3) is 0 Å². The number of carboxylic acid groups (broad SMARTS) is 1. The topological polar surface area (TPSA) is 46.5 Å². The highest BCUT2D eigenvalue weighted by Gasteiger charge is 2.14. The second kappa shape index (κ2) is 4.82. The zero-order valence-corrected chi connectivity index (χ0v) is 9.28. The number of methoxy groups -OCH3 is 1. The molecular formula is C12H16O3. The number of benzene rings is 1. The van der Waals surface area contributed by atoms with Crippen molar-refractivity contribution in [3.63, 3.8) is 0 Å². The zero-order chi connectivity index (χ0) is 11.4. The molecule has 0 aliphatic carbocycles. The molecule has 0 saturated carbocycles. The van der Waals surface area contributed by atoms with E-state index in [0.717, 1.165) is 16.9 Å². The van der Waals surface area contributed by atoms with E-state index in [1.54, 1.807) is 7.11 Å². The molecule has 0 aromatic heterocycles. The lowest BCUT2D eigenvalue weighted by atomic mass is 9.93. The standard InChI is InChI=1S/C12H16O3/c1-8(7-12(13)14)10-5-4-6-11(15-3)9(10)2/h4-6,8H,7H2,1-3H3,(H,13,14). The van der Waals surface area contributed by atoms with Crippen molar-refractivity contribution in [1.29, 1.82) is 0 Å². The number of hydrogen-bond donors (Lipinski definition) is 1. The minimum atomic E-state index is -0.773. The van der Waals surface area contributed by atoms with Crippen LogP contribution in [0.15, 0.2) is 18.2 Å². The molecule has 0 fully saturated rings. The molecule has 0 saturated heterocycles. The second-order valence-corrected chi connectivity index (χ2v) is 3.67. The van der Waals surface area contributed by atoms with Gasteiger partial charge in [-0.25, -0.2) is 0 Å². The van der Waals surface area contributed by atoms with Gasteiger partial charge in [0.2, 0.25) is 0 Å². The van der Waals surface area contributed by atoms with E-state index in [2.05, 4.69) is 0 Å². The summed E-state index contributed by atoms with van der Waals surface area (Å²) in [5, 5.41) is 8.73. The molecule has 0 aliphatic heterocycles. The van der Waals surface area contributed by atoms with Crippen LogP contribution in [0, 0.1) is 6.92 Å². The Hall–Kier alpha value is -1.51. The highest BCUT2D eigenvalue weighted by Crippen LogP contribution is 2.28. The number of rotatable bonds is 4. The predicted molar refractivity (Wildman–Crippen MR) is 58.4 cm³/mol. The molecule has 0 radical (unpaired) electrons. The van der Waals surface area contributed by atoms with E-state index in [0.29, 0.717) is 0 Å². The van der Waals surface area contributed by atoms with Gasteiger partial charge in [-0.15, -0.1) is 0 Å². The van der Waals surface area contributed by atoms with Gasteiger partial charge in [-0.3, -0.25) is 4.79 Å². The SMILES string of the molecule is COc1cccc(C(C)CC(=O)O)c1C. The fourth-order valence-corrected chi connectivity index (χ4v) is 1.76. The van der Waals surface area contributed by atoms with Crippen LogP contribution in [0.2, 0.25) is 0 Å². The maximum Gasteiger partial charge on any atom is 0.303 e. The molecule has 1 aromatic carbocycles. The third-order valence-electron chi connectivity index (χ3n) is 2.56. The molecule has 82 valence electrons. The lowest BCUT2D eigenvalue weighted by Crippen LogP contribution is -2.05. The van der Waals surface area contributed by atoms with Crippen molar-refractivity contribution in [3.05, 3.63) is 29.3 Å². The minimum absolute atomic E-state index is 0.0117. The van der Waals surface area contributed by atoms with E-state index in [9.17, 15) is 4.79 Å². The molecule has 1 N–H and O–H groups in total. The van der Waals surface area contributed by atoms with Crippen LogP contribution in [0.5, 0.6) is 5.75 Å². The van der Waals surface area contributed by atoms with Gasteiger partial charge in [0.25, 0.3) is 0 Å². The smallest absolute Gasteiger partial charge is 0.303 e. The van der Waals surface area contributed by atoms with E-state index in [4.69, 9.17) is 9.84 Å². The van der Waals surface area contributed by atoms with Crippen LogP contribution >= 0.6 is 0 Å². The first-order valence-corrected chi connectivity index (χ1v) is 4.91. The monoisotopic (exact) mass is 208 g/mol. The molecule has 1 rings (SSSR count). The van der Waals surface area contributed by atoms with Crippen LogP contribution in [0.1, 0.15) is 30.4 Å². The Morgan fingerprint density at radius 3 is 2.73 bits per heavy atom. The van der Waals surface area contributed by atoms with Gasteiger partial charge in [-0.2, -0.15) is 0 Å². The second-order valence-electron chi connectivity index (χ2n) is 3.67. The van der Waals surface area contributed by atoms with Crippen molar-refractivity contribution in [2.75, 3.05) is 7.11 Å². The van der Waals surface area contributed by atoms with E-state index in [1.165, 1.54) is 0 Å². The van der Waals surface area contributed by atoms with Gasteiger partial charge < -0.3 is 9.84 Å². The lowest BCUT2D eigenvalue weighted by molar-refractivity contribution is -0.137. The highest BCUT2D eigenvalue weighted by molar-refractivity contribution is 5.68. The zero-order valence-electron chi connectivity index (χ0n) is 9.28. The van der Waals surface area contributed by atoms with Gasteiger partial charge in [-0.1, -0.05) is 19.1 Å². The quantitative estimate of drug-likeness (QED) is 0.827. The van der Waals surface area contributed by atoms with Crippen molar-refractivity contribution in [1.82, 2.24) is 0 Å². The van der Waals surface area contributed by atoms with Crippen molar-refractivity contribution in [2.45, 2.75) is 26.2 Å². The summed E-state index contributed by atoms with van der Waals surface area (Å²) in [6, 6.07) is 5.72. The number of carboxylic acids is 1. The Kier molecular flexibility index (Phi) is 3.72. The van der Waals surface area contributed by atoms with Crippen molar-refractivity contribution in [2.24, 2.45) is 0 Å². The number of hydrogen-bond acceptors (Lipinski definition) is 2. The van der Waals surface area contributed by atoms with Gasteiger partial charge >= 0.3 is 5.97 Å². The Balaban J connectivity index is 2.98. The van der Waals surface area contributed by atoms with E-state index >= 15 is 0 Å². The van der Waals surface area contributed by atoms with Gasteiger partial charge in [0, 0.05) is 0 Å². The third kappa shape index (κ3) is 2.72. The van der Waals surface area contributed by atoms with E-state index in [1.807, 2.05) is 32.0 Å². The molecule has 0 bridgehead atoms. The molecule has 0 amide bonds. The van der Waals surface area contributed by atoms with Crippen LogP contribution < -0.4 is 4.74 Å². The fraction of sp³-hybridized carbons (Fsp3) is 0.417. The lowest BCUT2D eigenvalue weighted by Gasteiger charge is -2.14. The normalized spacial score (nSPS) is 12.2. The molecule has 1 aromatic rings. The van der Waals surface area contributed by atoms with Gasteiger partial charge in [-0.05, 0) is 30.0 Å². The van der Waals surface area contributed by atoms with Gasteiger partial charge in [0.15, 0.2) is 0 Å². The summed E-state index contributed by atoms with van der Waals surface area (Å²) in [5.41, 5.74) is 2.06. The molecule has 3 nitrogen and oxygen atoms in total. The maximum atomic E-state index is 10.6. The average Bonchev–Trinajstić information content (AvgIpc) is 2.17. The Morgan fingerprint density at radius 2 is 2.20 bits per heavy atom. The molecular weight excluding hydrogens is 192 g/mol. The van der Waals surface area contributed by atoms with E-state index in [-0.39, 0.29) is 12.3 Å². The summed E-state index contributed by atoms with van der Waals surface area (Å²) in [7, 11) is 1.62. The first-order valence-electron chi connectivity index (χ1n) is 4.91. The molecule has 0 heterocycles. The van der Waals surface area contributed by atoms with Crippen LogP contribution in [-0.4, -0.2) is 18.2 Å². The first kappa shape index (κ1) is 11.6. The largest absolute Gasteiger partial charge is 0.496 e. The number of ether oxygens (including phenoxy) is 1. The summed E-state index contributed by atoms with van der Waals surface area (Å²) in [5.74, 6) is 0.0482. The van der Waals surface area contributed by atoms with Crippen molar-refractivity contribution in [3.8, 4) is 5.75 Å². The van der Waals surface area contributed by atoms with Gasteiger partial charge in [0.1, 0.15) is 5.75 Å². The van der Waals surface area contributed by atoms with Crippen molar-refractivity contribution < 1.29 is 14.6 Å². The first-order chi connectivity index (χ1) is 7.06. The molecule has 1 atom stereocenters. The Labute approximate surface area is 89.7 Å². The van der Waals surface area contributed by atoms with Crippen molar-refractivity contribution >= 4 is 5.97 Å². The van der Waals surface area contributed by atoms with Gasteiger partial charge in [0.05, 0.1) is 13.5 Å². The van der Waals surface area contributed by atoms with E-state index < -0.39 is 5.97 Å². The minimum Gasteiger partial charge on any atom is -0.496 e. The molecule has 15 heavy (non-hydrogen) atoms. The maximum absolute atomic E-state index is 10.6. The van der Waals surface area contributed by atoms with Crippen LogP contribution in [0.3, 0.4) is 0 Å². The molecule has 1 unspecified atom stereocenters. The third-order valence-corrected chi connectivity index (χ3v) is 2.56. The number of carbonyl (C=O) groups is 1. The summed E-state index contributed by atoms with van der Waals surface area (Å²) >= 11 is 0. The molecule has 0 aliphatic rings. The summed E-state index contributed by atoms with van der Waals surface area (Å²) in [6.07, 6.45) is 0.147. The predicted octanol–water partition coefficient (Wildman–Crippen LogP) is 2.58. The molecule has 0 spiro atoms. The highest BCUT2D eigenvalue weighted by atomic mass is 16.5. The summed E-state index contributed by atoms with van der Waals surface area (Å²) in [6.45, 7) is 3.86. The Bertz CT molecular complexity index is 358. The summed E-state index contributed by atoms with van der Waals surface area (Å²) < 4.78 is 5.19. The Morgan fingerprint density at radius 1 is 1.53 bits per heavy atom. The summed E-state index contributed by atoms with van der Waals surface area (Å²) in [4.78, 5) is 10.6.